The number of amides is 1. The highest BCUT2D eigenvalue weighted by Gasteiger charge is 2.24. The van der Waals surface area contributed by atoms with Gasteiger partial charge in [0.1, 0.15) is 6.10 Å². The molecule has 0 aromatic heterocycles. The molecular formula is C54H93NO5. The minimum absolute atomic E-state index is 0.0421. The van der Waals surface area contributed by atoms with Crippen LogP contribution in [0.1, 0.15) is 220 Å². The van der Waals surface area contributed by atoms with Crippen molar-refractivity contribution in [2.45, 2.75) is 238 Å². The van der Waals surface area contributed by atoms with Crippen LogP contribution >= 0.6 is 0 Å². The lowest BCUT2D eigenvalue weighted by molar-refractivity contribution is -0.151. The van der Waals surface area contributed by atoms with Crippen molar-refractivity contribution in [2.24, 2.45) is 0 Å². The van der Waals surface area contributed by atoms with Crippen LogP contribution in [0.4, 0.5) is 0 Å². The van der Waals surface area contributed by atoms with Crippen LogP contribution in [0.5, 0.6) is 0 Å². The predicted octanol–water partition coefficient (Wildman–Crippen LogP) is 14.8. The molecule has 0 saturated heterocycles. The highest BCUT2D eigenvalue weighted by molar-refractivity contribution is 5.77. The van der Waals surface area contributed by atoms with Gasteiger partial charge in [0.2, 0.25) is 5.91 Å². The van der Waals surface area contributed by atoms with Gasteiger partial charge in [-0.2, -0.15) is 0 Å². The van der Waals surface area contributed by atoms with Crippen molar-refractivity contribution in [1.29, 1.82) is 0 Å². The monoisotopic (exact) mass is 836 g/mol. The number of rotatable bonds is 43. The number of carbonyl (C=O) groups excluding carboxylic acids is 2. The molecular weight excluding hydrogens is 743 g/mol. The van der Waals surface area contributed by atoms with Crippen LogP contribution in [0.25, 0.3) is 0 Å². The Hall–Kier alpha value is -2.96. The number of allylic oxidation sites excluding steroid dienone is 14. The number of esters is 1. The van der Waals surface area contributed by atoms with E-state index in [2.05, 4.69) is 74.7 Å². The zero-order valence-electron chi connectivity index (χ0n) is 39.1. The first-order chi connectivity index (χ1) is 29.5. The summed E-state index contributed by atoms with van der Waals surface area (Å²) in [6.45, 7) is 6.26. The number of aliphatic hydroxyl groups is 2. The van der Waals surface area contributed by atoms with Crippen LogP contribution in [0.15, 0.2) is 85.1 Å². The normalized spacial score (nSPS) is 14.0. The van der Waals surface area contributed by atoms with Crippen LogP contribution in [0.3, 0.4) is 0 Å². The highest BCUT2D eigenvalue weighted by atomic mass is 16.5. The van der Waals surface area contributed by atoms with Gasteiger partial charge in [-0.25, -0.2) is 0 Å². The van der Waals surface area contributed by atoms with E-state index in [1.165, 1.54) is 83.5 Å². The van der Waals surface area contributed by atoms with Gasteiger partial charge in [-0.05, 0) is 70.6 Å². The Morgan fingerprint density at radius 2 is 1.00 bits per heavy atom. The van der Waals surface area contributed by atoms with Gasteiger partial charge >= 0.3 is 5.97 Å². The summed E-state index contributed by atoms with van der Waals surface area (Å²) in [7, 11) is 0. The van der Waals surface area contributed by atoms with Crippen molar-refractivity contribution in [3.05, 3.63) is 85.1 Å². The van der Waals surface area contributed by atoms with Crippen LogP contribution in [-0.2, 0) is 14.3 Å². The van der Waals surface area contributed by atoms with E-state index in [0.717, 1.165) is 89.9 Å². The molecule has 0 bridgehead atoms. The molecule has 3 N–H and O–H groups in total. The lowest BCUT2D eigenvalue weighted by Crippen LogP contribution is -2.46. The Labute approximate surface area is 370 Å². The number of ether oxygens (including phenoxy) is 1. The number of carbonyl (C=O) groups is 2. The molecule has 0 fully saturated rings. The highest BCUT2D eigenvalue weighted by Crippen LogP contribution is 2.17. The zero-order valence-corrected chi connectivity index (χ0v) is 39.1. The third kappa shape index (κ3) is 41.8. The summed E-state index contributed by atoms with van der Waals surface area (Å²) < 4.78 is 5.91. The Balaban J connectivity index is 4.73. The maximum Gasteiger partial charge on any atom is 0.306 e. The minimum atomic E-state index is -0.804. The van der Waals surface area contributed by atoms with Crippen molar-refractivity contribution in [1.82, 2.24) is 5.32 Å². The van der Waals surface area contributed by atoms with Crippen molar-refractivity contribution in [3.8, 4) is 0 Å². The lowest BCUT2D eigenvalue weighted by Gasteiger charge is -2.24. The molecule has 0 radical (unpaired) electrons. The van der Waals surface area contributed by atoms with E-state index in [9.17, 15) is 19.8 Å². The number of hydrogen-bond donors (Lipinski definition) is 3. The predicted molar refractivity (Wildman–Crippen MR) is 259 cm³/mol. The molecule has 0 aromatic rings. The Morgan fingerprint density at radius 1 is 0.517 bits per heavy atom. The molecule has 1 amide bonds. The molecule has 0 aliphatic carbocycles. The fourth-order valence-corrected chi connectivity index (χ4v) is 7.09. The zero-order chi connectivity index (χ0) is 43.8. The summed E-state index contributed by atoms with van der Waals surface area (Å²) >= 11 is 0. The molecule has 0 saturated carbocycles. The lowest BCUT2D eigenvalue weighted by atomic mass is 10.0. The van der Waals surface area contributed by atoms with Crippen LogP contribution in [0.2, 0.25) is 0 Å². The Bertz CT molecular complexity index is 1160. The number of aliphatic hydroxyl groups excluding tert-OH is 2. The quantitative estimate of drug-likeness (QED) is 0.0246. The van der Waals surface area contributed by atoms with Gasteiger partial charge in [0.05, 0.1) is 25.2 Å². The van der Waals surface area contributed by atoms with E-state index < -0.39 is 18.2 Å². The molecule has 344 valence electrons. The first kappa shape index (κ1) is 57.0. The van der Waals surface area contributed by atoms with Gasteiger partial charge in [-0.1, -0.05) is 221 Å². The first-order valence-corrected chi connectivity index (χ1v) is 24.9. The molecule has 6 nitrogen and oxygen atoms in total. The van der Waals surface area contributed by atoms with Gasteiger partial charge < -0.3 is 20.3 Å². The van der Waals surface area contributed by atoms with Crippen molar-refractivity contribution in [2.75, 3.05) is 6.61 Å². The van der Waals surface area contributed by atoms with Gasteiger partial charge in [0.25, 0.3) is 0 Å². The Morgan fingerprint density at radius 3 is 1.58 bits per heavy atom. The second kappa shape index (κ2) is 47.1. The average molecular weight is 836 g/mol. The van der Waals surface area contributed by atoms with Crippen molar-refractivity contribution in [3.63, 3.8) is 0 Å². The van der Waals surface area contributed by atoms with Gasteiger partial charge in [-0.3, -0.25) is 9.59 Å². The summed E-state index contributed by atoms with van der Waals surface area (Å²) in [5.74, 6) is -0.531. The summed E-state index contributed by atoms with van der Waals surface area (Å²) in [5, 5.41) is 23.7. The summed E-state index contributed by atoms with van der Waals surface area (Å²) in [4.78, 5) is 26.1. The number of hydrogen-bond acceptors (Lipinski definition) is 5. The SMILES string of the molecule is CC/C=C/C/C=C/CCCCCCCCCC(=O)OC(CCCCC/C=C/C=C/C=C/C=C/C=C/CCC)CC(=O)NC(CO)C(O)CCCCCCCCCCCCC. The molecule has 0 rings (SSSR count). The summed E-state index contributed by atoms with van der Waals surface area (Å²) in [6.07, 6.45) is 60.6. The summed E-state index contributed by atoms with van der Waals surface area (Å²) in [6, 6.07) is -0.720. The fraction of sp³-hybridized carbons (Fsp3) is 0.704. The molecule has 6 heteroatoms. The van der Waals surface area contributed by atoms with E-state index in [1.54, 1.807) is 0 Å². The van der Waals surface area contributed by atoms with E-state index in [-0.39, 0.29) is 24.9 Å². The molecule has 3 unspecified atom stereocenters. The maximum atomic E-state index is 13.2. The molecule has 0 spiro atoms. The smallest absolute Gasteiger partial charge is 0.306 e. The van der Waals surface area contributed by atoms with Gasteiger partial charge in [0.15, 0.2) is 0 Å². The molecule has 0 aromatic carbocycles. The largest absolute Gasteiger partial charge is 0.462 e. The van der Waals surface area contributed by atoms with Crippen LogP contribution in [-0.4, -0.2) is 46.9 Å². The third-order valence-electron chi connectivity index (χ3n) is 10.8. The molecule has 3 atom stereocenters. The Kier molecular flexibility index (Phi) is 44.8. The van der Waals surface area contributed by atoms with Crippen molar-refractivity contribution < 1.29 is 24.5 Å². The molecule has 60 heavy (non-hydrogen) atoms. The minimum Gasteiger partial charge on any atom is -0.462 e. The van der Waals surface area contributed by atoms with Gasteiger partial charge in [-0.15, -0.1) is 0 Å². The molecule has 0 aliphatic heterocycles. The van der Waals surface area contributed by atoms with E-state index in [0.29, 0.717) is 19.3 Å². The molecule has 0 heterocycles. The van der Waals surface area contributed by atoms with Crippen molar-refractivity contribution >= 4 is 11.9 Å². The topological polar surface area (TPSA) is 95.9 Å². The number of nitrogens with one attached hydrogen (secondary N) is 1. The van der Waals surface area contributed by atoms with E-state index in [1.807, 2.05) is 36.5 Å². The maximum absolute atomic E-state index is 13.2. The standard InChI is InChI=1S/C54H93NO5/c1-4-7-10-13-16-19-22-24-26-27-28-31-33-36-39-42-45-50(60-54(59)47-44-41-38-35-32-29-25-23-20-17-14-11-8-5-2)48-53(58)55-51(49-56)52(57)46-43-40-37-34-30-21-18-15-12-9-6-3/h8,10-11,13,16-17,19-20,22,24,26-28,31,50-52,56-57H,4-7,9,12,14-15,18,21,23,25,29-30,32-49H2,1-3H3,(H,55,58)/b11-8+,13-10+,19-16+,20-17+,24-22+,27-26+,31-28+. The van der Waals surface area contributed by atoms with Gasteiger partial charge in [0, 0.05) is 6.42 Å². The molecule has 0 aliphatic rings. The van der Waals surface area contributed by atoms with Crippen LogP contribution < -0.4 is 5.32 Å². The second-order valence-corrected chi connectivity index (χ2v) is 16.6. The third-order valence-corrected chi connectivity index (χ3v) is 10.8. The second-order valence-electron chi connectivity index (χ2n) is 16.6. The average Bonchev–Trinajstić information content (AvgIpc) is 3.24. The van der Waals surface area contributed by atoms with Crippen LogP contribution in [0, 0.1) is 0 Å². The summed E-state index contributed by atoms with van der Waals surface area (Å²) in [5.41, 5.74) is 0. The fourth-order valence-electron chi connectivity index (χ4n) is 7.09. The van der Waals surface area contributed by atoms with E-state index >= 15 is 0 Å². The van der Waals surface area contributed by atoms with E-state index in [4.69, 9.17) is 4.74 Å². The number of unbranched alkanes of at least 4 members (excludes halogenated alkanes) is 21. The first-order valence-electron chi connectivity index (χ1n) is 24.9.